The predicted octanol–water partition coefficient (Wildman–Crippen LogP) is 2.20. The van der Waals surface area contributed by atoms with Crippen molar-refractivity contribution in [3.63, 3.8) is 0 Å². The van der Waals surface area contributed by atoms with Crippen LogP contribution in [0.4, 0.5) is 5.69 Å². The fourth-order valence-corrected chi connectivity index (χ4v) is 1.49. The number of likely N-dealkylation sites (N-methyl/N-ethyl adjacent to an activating group) is 1. The molecule has 88 valence electrons. The van der Waals surface area contributed by atoms with Crippen molar-refractivity contribution < 1.29 is 0 Å². The van der Waals surface area contributed by atoms with Crippen LogP contribution in [-0.2, 0) is 6.54 Å². The van der Waals surface area contributed by atoms with Gasteiger partial charge in [-0.05, 0) is 25.1 Å². The standard InChI is InChI=1S/C13H21N3/c1-4-7-14-11-12-10-13(6-8-15-12)16(3)9-5-2/h5-6,8,10,14H,2,4,7,9,11H2,1,3H3. The highest BCUT2D eigenvalue weighted by Gasteiger charge is 2.00. The summed E-state index contributed by atoms with van der Waals surface area (Å²) in [7, 11) is 2.06. The summed E-state index contributed by atoms with van der Waals surface area (Å²) in [6.45, 7) is 8.63. The number of nitrogens with zero attached hydrogens (tertiary/aromatic N) is 2. The molecule has 3 nitrogen and oxygen atoms in total. The first-order valence-corrected chi connectivity index (χ1v) is 5.75. The fourth-order valence-electron chi connectivity index (χ4n) is 1.49. The summed E-state index contributed by atoms with van der Waals surface area (Å²) in [5, 5.41) is 3.35. The van der Waals surface area contributed by atoms with Crippen LogP contribution in [0.2, 0.25) is 0 Å². The van der Waals surface area contributed by atoms with E-state index >= 15 is 0 Å². The average molecular weight is 219 g/mol. The van der Waals surface area contributed by atoms with Crippen LogP contribution in [-0.4, -0.2) is 25.1 Å². The Bertz CT molecular complexity index is 323. The van der Waals surface area contributed by atoms with Crippen molar-refractivity contribution in [2.45, 2.75) is 19.9 Å². The molecule has 0 aliphatic rings. The minimum Gasteiger partial charge on any atom is -0.371 e. The molecule has 0 radical (unpaired) electrons. The van der Waals surface area contributed by atoms with Gasteiger partial charge in [0.1, 0.15) is 0 Å². The second-order valence-corrected chi connectivity index (χ2v) is 3.85. The summed E-state index contributed by atoms with van der Waals surface area (Å²) in [5.74, 6) is 0. The summed E-state index contributed by atoms with van der Waals surface area (Å²) < 4.78 is 0. The van der Waals surface area contributed by atoms with Gasteiger partial charge in [-0.25, -0.2) is 0 Å². The number of pyridine rings is 1. The second kappa shape index (κ2) is 7.01. The third kappa shape index (κ3) is 4.03. The molecule has 0 aromatic carbocycles. The first-order chi connectivity index (χ1) is 7.77. The molecule has 0 unspecified atom stereocenters. The zero-order valence-corrected chi connectivity index (χ0v) is 10.2. The van der Waals surface area contributed by atoms with Crippen molar-refractivity contribution in [2.24, 2.45) is 0 Å². The molecule has 3 heteroatoms. The number of aromatic nitrogens is 1. The summed E-state index contributed by atoms with van der Waals surface area (Å²) >= 11 is 0. The maximum absolute atomic E-state index is 4.34. The number of hydrogen-bond acceptors (Lipinski definition) is 3. The molecule has 1 heterocycles. The van der Waals surface area contributed by atoms with Gasteiger partial charge in [0.25, 0.3) is 0 Å². The molecule has 1 aromatic rings. The smallest absolute Gasteiger partial charge is 0.0562 e. The predicted molar refractivity (Wildman–Crippen MR) is 69.7 cm³/mol. The quantitative estimate of drug-likeness (QED) is 0.563. The molecule has 1 rings (SSSR count). The van der Waals surface area contributed by atoms with Gasteiger partial charge in [-0.1, -0.05) is 13.0 Å². The highest BCUT2D eigenvalue weighted by atomic mass is 15.1. The Balaban J connectivity index is 2.59. The Morgan fingerprint density at radius 1 is 1.56 bits per heavy atom. The normalized spacial score (nSPS) is 10.1. The largest absolute Gasteiger partial charge is 0.371 e. The van der Waals surface area contributed by atoms with Crippen molar-refractivity contribution in [1.29, 1.82) is 0 Å². The molecular formula is C13H21N3. The van der Waals surface area contributed by atoms with E-state index in [0.29, 0.717) is 0 Å². The van der Waals surface area contributed by atoms with Gasteiger partial charge in [0.05, 0.1) is 5.69 Å². The molecule has 0 bridgehead atoms. The number of nitrogens with one attached hydrogen (secondary N) is 1. The minimum absolute atomic E-state index is 0.837. The van der Waals surface area contributed by atoms with Gasteiger partial charge in [0.15, 0.2) is 0 Å². The monoisotopic (exact) mass is 219 g/mol. The first kappa shape index (κ1) is 12.7. The molecule has 0 aliphatic heterocycles. The minimum atomic E-state index is 0.837. The van der Waals surface area contributed by atoms with Crippen LogP contribution in [0.15, 0.2) is 31.0 Å². The van der Waals surface area contributed by atoms with E-state index in [0.717, 1.165) is 31.7 Å². The number of hydrogen-bond donors (Lipinski definition) is 1. The van der Waals surface area contributed by atoms with Crippen LogP contribution in [0, 0.1) is 0 Å². The molecule has 0 saturated carbocycles. The number of rotatable bonds is 7. The fraction of sp³-hybridized carbons (Fsp3) is 0.462. The third-order valence-electron chi connectivity index (χ3n) is 2.38. The van der Waals surface area contributed by atoms with Crippen LogP contribution >= 0.6 is 0 Å². The number of anilines is 1. The second-order valence-electron chi connectivity index (χ2n) is 3.85. The zero-order chi connectivity index (χ0) is 11.8. The van der Waals surface area contributed by atoms with E-state index < -0.39 is 0 Å². The molecule has 0 fully saturated rings. The molecule has 0 atom stereocenters. The van der Waals surface area contributed by atoms with Crippen molar-refractivity contribution in [1.82, 2.24) is 10.3 Å². The SMILES string of the molecule is C=CCN(C)c1ccnc(CNCCC)c1. The summed E-state index contributed by atoms with van der Waals surface area (Å²) in [4.78, 5) is 6.49. The Morgan fingerprint density at radius 2 is 2.38 bits per heavy atom. The van der Waals surface area contributed by atoms with E-state index in [4.69, 9.17) is 0 Å². The summed E-state index contributed by atoms with van der Waals surface area (Å²) in [6, 6.07) is 4.14. The first-order valence-electron chi connectivity index (χ1n) is 5.75. The van der Waals surface area contributed by atoms with E-state index in [1.54, 1.807) is 0 Å². The average Bonchev–Trinajstić information content (AvgIpc) is 2.30. The van der Waals surface area contributed by atoms with Crippen molar-refractivity contribution in [3.8, 4) is 0 Å². The third-order valence-corrected chi connectivity index (χ3v) is 2.38. The molecule has 0 spiro atoms. The van der Waals surface area contributed by atoms with Crippen molar-refractivity contribution in [2.75, 3.05) is 25.0 Å². The Labute approximate surface area is 98.2 Å². The zero-order valence-electron chi connectivity index (χ0n) is 10.2. The summed E-state index contributed by atoms with van der Waals surface area (Å²) in [6.07, 6.45) is 4.91. The van der Waals surface area contributed by atoms with Gasteiger partial charge >= 0.3 is 0 Å². The van der Waals surface area contributed by atoms with Gasteiger partial charge in [-0.15, -0.1) is 6.58 Å². The molecule has 1 N–H and O–H groups in total. The van der Waals surface area contributed by atoms with Crippen molar-refractivity contribution in [3.05, 3.63) is 36.7 Å². The van der Waals surface area contributed by atoms with Crippen LogP contribution in [0.5, 0.6) is 0 Å². The summed E-state index contributed by atoms with van der Waals surface area (Å²) in [5.41, 5.74) is 2.27. The molecule has 0 amide bonds. The lowest BCUT2D eigenvalue weighted by Gasteiger charge is -2.17. The highest BCUT2D eigenvalue weighted by Crippen LogP contribution is 2.12. The van der Waals surface area contributed by atoms with Gasteiger partial charge in [0, 0.05) is 32.0 Å². The van der Waals surface area contributed by atoms with Gasteiger partial charge < -0.3 is 10.2 Å². The maximum atomic E-state index is 4.34. The van der Waals surface area contributed by atoms with Crippen LogP contribution in [0.1, 0.15) is 19.0 Å². The van der Waals surface area contributed by atoms with E-state index in [-0.39, 0.29) is 0 Å². The van der Waals surface area contributed by atoms with E-state index in [1.165, 1.54) is 5.69 Å². The van der Waals surface area contributed by atoms with E-state index in [2.05, 4.69) is 41.8 Å². The topological polar surface area (TPSA) is 28.2 Å². The van der Waals surface area contributed by atoms with E-state index in [9.17, 15) is 0 Å². The molecule has 1 aromatic heterocycles. The van der Waals surface area contributed by atoms with Gasteiger partial charge in [-0.2, -0.15) is 0 Å². The Hall–Kier alpha value is -1.35. The lowest BCUT2D eigenvalue weighted by molar-refractivity contribution is 0.664. The molecule has 0 aliphatic carbocycles. The van der Waals surface area contributed by atoms with Gasteiger partial charge in [-0.3, -0.25) is 4.98 Å². The van der Waals surface area contributed by atoms with Crippen LogP contribution in [0.25, 0.3) is 0 Å². The lowest BCUT2D eigenvalue weighted by Crippen LogP contribution is -2.18. The molecule has 0 saturated heterocycles. The molecule has 16 heavy (non-hydrogen) atoms. The van der Waals surface area contributed by atoms with Crippen LogP contribution < -0.4 is 10.2 Å². The Morgan fingerprint density at radius 3 is 3.06 bits per heavy atom. The Kier molecular flexibility index (Phi) is 5.57. The van der Waals surface area contributed by atoms with Crippen molar-refractivity contribution >= 4 is 5.69 Å². The highest BCUT2D eigenvalue weighted by molar-refractivity contribution is 5.46. The molecular weight excluding hydrogens is 198 g/mol. The lowest BCUT2D eigenvalue weighted by atomic mass is 10.3. The van der Waals surface area contributed by atoms with Crippen LogP contribution in [0.3, 0.4) is 0 Å². The van der Waals surface area contributed by atoms with E-state index in [1.807, 2.05) is 18.3 Å². The van der Waals surface area contributed by atoms with Gasteiger partial charge in [0.2, 0.25) is 0 Å². The maximum Gasteiger partial charge on any atom is 0.0562 e.